The van der Waals surface area contributed by atoms with Gasteiger partial charge in [0, 0.05) is 25.8 Å². The Morgan fingerprint density at radius 2 is 0.759 bits per heavy atom. The topological polar surface area (TPSA) is 90.8 Å². The molecule has 0 bridgehead atoms. The van der Waals surface area contributed by atoms with E-state index < -0.39 is 0 Å². The summed E-state index contributed by atoms with van der Waals surface area (Å²) in [5.74, 6) is 0.689. The molecule has 4 fully saturated rings. The van der Waals surface area contributed by atoms with E-state index in [2.05, 4.69) is 116 Å². The number of oxime groups is 1. The molecule has 2 saturated carbocycles. The van der Waals surface area contributed by atoms with Crippen LogP contribution in [0, 0.1) is 0 Å². The molecule has 0 aromatic heterocycles. The van der Waals surface area contributed by atoms with E-state index in [1.165, 1.54) is 70.9 Å². The molecule has 2 aliphatic carbocycles. The first-order valence-electron chi connectivity index (χ1n) is 21.3. The first kappa shape index (κ1) is 84.8. The molecule has 6 nitrogen and oxygen atoms in total. The average molecular weight is 1420 g/mol. The summed E-state index contributed by atoms with van der Waals surface area (Å²) in [5.41, 5.74) is 0.983. The summed E-state index contributed by atoms with van der Waals surface area (Å²) >= 11 is 12.1. The van der Waals surface area contributed by atoms with Gasteiger partial charge in [0.1, 0.15) is 5.78 Å². The number of nitrogens with one attached hydrogen (secondary N) is 2. The Bertz CT molecular complexity index is 526. The maximum atomic E-state index is 10.6. The molecule has 4 rings (SSSR count). The van der Waals surface area contributed by atoms with E-state index in [9.17, 15) is 9.59 Å². The van der Waals surface area contributed by atoms with Crippen molar-refractivity contribution in [1.29, 1.82) is 0 Å². The number of nitrogens with zero attached hydrogens (tertiary/aromatic N) is 1. The van der Waals surface area contributed by atoms with Gasteiger partial charge in [0.15, 0.2) is 0 Å². The second kappa shape index (κ2) is 106. The number of ketones is 1. The molecule has 2 saturated heterocycles. The SMILES string of the molecule is C.C1CCCNCC1.CC.CC.CC.CC.CC.CC.CC.CC.O=C1CCCCC1.O=C1CCCCCN1.ON=C1CCCCC1.[I][V]([I])[I].[I][V][I]. The van der Waals surface area contributed by atoms with Crippen LogP contribution in [0.5, 0.6) is 0 Å². The summed E-state index contributed by atoms with van der Waals surface area (Å²) in [6.07, 6.45) is 20.8. The van der Waals surface area contributed by atoms with E-state index >= 15 is 0 Å². The first-order chi connectivity index (χ1) is 25.9. The van der Waals surface area contributed by atoms with Gasteiger partial charge in [0.05, 0.1) is 5.71 Å². The normalized spacial score (nSPS) is 14.1. The molecule has 2 heterocycles. The molecule has 54 heavy (non-hydrogen) atoms. The molecular weight excluding hydrogens is 1320 g/mol. The maximum absolute atomic E-state index is 10.6. The van der Waals surface area contributed by atoms with Crippen LogP contribution in [0.25, 0.3) is 0 Å². The van der Waals surface area contributed by atoms with Gasteiger partial charge in [-0.3, -0.25) is 9.59 Å². The minimum atomic E-state index is -0.278. The second-order valence-electron chi connectivity index (χ2n) is 8.91. The quantitative estimate of drug-likeness (QED) is 0.128. The van der Waals surface area contributed by atoms with Crippen molar-refractivity contribution in [1.82, 2.24) is 10.6 Å². The first-order valence-corrected chi connectivity index (χ1v) is 43.8. The Labute approximate surface area is 409 Å². The third-order valence-corrected chi connectivity index (χ3v) is 5.84. The molecular formula is C41H97I5N3O3V2. The second-order valence-corrected chi connectivity index (χ2v) is 56.1. The van der Waals surface area contributed by atoms with Crippen molar-refractivity contribution in [2.24, 2.45) is 5.16 Å². The van der Waals surface area contributed by atoms with E-state index in [0.717, 1.165) is 70.0 Å². The van der Waals surface area contributed by atoms with Gasteiger partial charge in [-0.15, -0.1) is 0 Å². The number of carbonyl (C=O) groups excluding carboxylic acids is 2. The molecule has 13 heteroatoms. The van der Waals surface area contributed by atoms with E-state index in [4.69, 9.17) is 5.21 Å². The van der Waals surface area contributed by atoms with Crippen LogP contribution in [0.4, 0.5) is 0 Å². The number of rotatable bonds is 0. The minimum absolute atomic E-state index is 0. The van der Waals surface area contributed by atoms with E-state index in [1.54, 1.807) is 0 Å². The summed E-state index contributed by atoms with van der Waals surface area (Å²) in [6, 6.07) is 0. The summed E-state index contributed by atoms with van der Waals surface area (Å²) in [6.45, 7) is 35.4. The third kappa shape index (κ3) is 117. The monoisotopic (exact) mass is 1420 g/mol. The molecule has 3 N–H and O–H groups in total. The molecule has 0 radical (unpaired) electrons. The molecule has 4 aliphatic rings. The molecule has 0 unspecified atom stereocenters. The van der Waals surface area contributed by atoms with Crippen LogP contribution in [-0.2, 0) is 24.0 Å². The zero-order valence-electron chi connectivity index (χ0n) is 37.8. The number of Topliss-reactive ketones (excluding diaryl/α,β-unsaturated/α-hetero) is 1. The predicted molar refractivity (Wildman–Crippen MR) is 291 cm³/mol. The fourth-order valence-corrected chi connectivity index (χ4v) is 3.89. The van der Waals surface area contributed by atoms with Gasteiger partial charge in [-0.05, 0) is 77.3 Å². The summed E-state index contributed by atoms with van der Waals surface area (Å²) in [4.78, 5) is 20.8. The average Bonchev–Trinajstić information content (AvgIpc) is 3.70. The van der Waals surface area contributed by atoms with E-state index in [1.807, 2.05) is 111 Å². The van der Waals surface area contributed by atoms with Gasteiger partial charge < -0.3 is 15.8 Å². The Kier molecular flexibility index (Phi) is 167. The van der Waals surface area contributed by atoms with Crippen molar-refractivity contribution in [3.8, 4) is 0 Å². The fraction of sp³-hybridized carbons (Fsp3) is 0.927. The van der Waals surface area contributed by atoms with Crippen LogP contribution in [0.3, 0.4) is 0 Å². The van der Waals surface area contributed by atoms with Gasteiger partial charge in [0.25, 0.3) is 0 Å². The van der Waals surface area contributed by atoms with Crippen molar-refractivity contribution >= 4 is 117 Å². The molecule has 0 spiro atoms. The van der Waals surface area contributed by atoms with Gasteiger partial charge in [-0.25, -0.2) is 0 Å². The van der Waals surface area contributed by atoms with E-state index in [0.29, 0.717) is 15.2 Å². The number of hydrogen-bond donors (Lipinski definition) is 3. The van der Waals surface area contributed by atoms with Gasteiger partial charge in [-0.1, -0.05) is 155 Å². The molecule has 2 aliphatic heterocycles. The number of amides is 1. The van der Waals surface area contributed by atoms with Crippen LogP contribution in [0.15, 0.2) is 5.16 Å². The third-order valence-electron chi connectivity index (χ3n) is 5.84. The fourth-order valence-electron chi connectivity index (χ4n) is 3.89. The zero-order valence-corrected chi connectivity index (χ0v) is 51.4. The molecule has 1 amide bonds. The van der Waals surface area contributed by atoms with E-state index in [-0.39, 0.29) is 18.3 Å². The van der Waals surface area contributed by atoms with Crippen LogP contribution >= 0.6 is 99.9 Å². The van der Waals surface area contributed by atoms with Crippen LogP contribution < -0.4 is 10.6 Å². The zero-order chi connectivity index (χ0) is 44.0. The van der Waals surface area contributed by atoms with Crippen LogP contribution in [0.1, 0.15) is 234 Å². The number of hydrogen-bond acceptors (Lipinski definition) is 5. The molecule has 0 aromatic rings. The van der Waals surface area contributed by atoms with Crippen LogP contribution in [0.2, 0.25) is 0 Å². The van der Waals surface area contributed by atoms with Crippen molar-refractivity contribution in [3.63, 3.8) is 0 Å². The van der Waals surface area contributed by atoms with Crippen LogP contribution in [-0.4, -0.2) is 42.2 Å². The number of halogens is 5. The Morgan fingerprint density at radius 3 is 1.04 bits per heavy atom. The standard InChI is InChI=1S/2C6H11NO.C6H13N.C6H10O.8C2H6.CH4.5HI.2V/c8-6-4-2-1-3-5-7-6;8-7-6-4-2-1-3-5-6;1-2-4-6-7-5-3-1;7-6-4-2-1-3-5-6;8*1-2;;;;;;;;/h1-5H2,(H,7,8);8H,1-5H2;7H,1-6H2;1-5H2;8*1-2H3;1H4;5*1H;;/q;;;;;;;;;;;;;;;;;;+2;+3/p-5. The predicted octanol–water partition coefficient (Wildman–Crippen LogP) is 18.4. The van der Waals surface area contributed by atoms with Crippen molar-refractivity contribution < 1.29 is 29.2 Å². The molecule has 339 valence electrons. The van der Waals surface area contributed by atoms with Gasteiger partial charge in [-0.2, -0.15) is 0 Å². The van der Waals surface area contributed by atoms with Gasteiger partial charge >= 0.3 is 114 Å². The van der Waals surface area contributed by atoms with Crippen molar-refractivity contribution in [2.45, 2.75) is 234 Å². The van der Waals surface area contributed by atoms with Gasteiger partial charge in [0.2, 0.25) is 5.91 Å². The summed E-state index contributed by atoms with van der Waals surface area (Å²) in [7, 11) is 0.628. The number of carbonyl (C=O) groups is 2. The Balaban J connectivity index is -0.0000000429. The van der Waals surface area contributed by atoms with Crippen molar-refractivity contribution in [2.75, 3.05) is 19.6 Å². The Hall–Kier alpha value is 3.39. The Morgan fingerprint density at radius 1 is 0.500 bits per heavy atom. The molecule has 0 atom stereocenters. The summed E-state index contributed by atoms with van der Waals surface area (Å²) < 4.78 is 0. The summed E-state index contributed by atoms with van der Waals surface area (Å²) in [5, 5.41) is 17.6. The van der Waals surface area contributed by atoms with Crippen molar-refractivity contribution in [3.05, 3.63) is 0 Å². The molecule has 0 aromatic carbocycles.